The van der Waals surface area contributed by atoms with Crippen molar-refractivity contribution in [2.24, 2.45) is 4.99 Å². The quantitative estimate of drug-likeness (QED) is 0.581. The molecule has 120 valence electrons. The topological polar surface area (TPSA) is 25.2 Å². The molecule has 0 spiro atoms. The van der Waals surface area contributed by atoms with Crippen LogP contribution in [0.3, 0.4) is 0 Å². The van der Waals surface area contributed by atoms with E-state index in [-0.39, 0.29) is 0 Å². The molecule has 1 unspecified atom stereocenters. The van der Waals surface area contributed by atoms with E-state index in [2.05, 4.69) is 29.2 Å². The van der Waals surface area contributed by atoms with Crippen LogP contribution >= 0.6 is 23.2 Å². The summed E-state index contributed by atoms with van der Waals surface area (Å²) >= 11 is 12.5. The van der Waals surface area contributed by atoms with Crippen LogP contribution in [0.25, 0.3) is 10.9 Å². The molecule has 0 radical (unpaired) electrons. The number of para-hydroxylation sites is 1. The molecule has 2 aromatic carbocycles. The lowest BCUT2D eigenvalue weighted by Gasteiger charge is -2.33. The highest BCUT2D eigenvalue weighted by Gasteiger charge is 2.36. The number of aromatic nitrogens is 1. The van der Waals surface area contributed by atoms with Crippen molar-refractivity contribution < 1.29 is 0 Å². The molecule has 0 aliphatic carbocycles. The fourth-order valence-corrected chi connectivity index (χ4v) is 3.44. The third-order valence-corrected chi connectivity index (χ3v) is 5.46. The first-order valence-corrected chi connectivity index (χ1v) is 8.75. The Balaban J connectivity index is 1.93. The maximum absolute atomic E-state index is 6.25. The first-order chi connectivity index (χ1) is 11.6. The van der Waals surface area contributed by atoms with E-state index in [0.29, 0.717) is 0 Å². The molecule has 2 heterocycles. The largest absolute Gasteiger partial charge is 0.275 e. The predicted molar refractivity (Wildman–Crippen MR) is 101 cm³/mol. The van der Waals surface area contributed by atoms with Crippen molar-refractivity contribution in [3.8, 4) is 0 Å². The minimum absolute atomic E-state index is 0.543. The van der Waals surface area contributed by atoms with Crippen LogP contribution in [0.2, 0.25) is 0 Å². The molecular weight excluding hydrogens is 339 g/mol. The van der Waals surface area contributed by atoms with E-state index in [1.807, 2.05) is 43.5 Å². The van der Waals surface area contributed by atoms with Gasteiger partial charge in [0.25, 0.3) is 0 Å². The van der Waals surface area contributed by atoms with Crippen molar-refractivity contribution in [3.05, 3.63) is 77.5 Å². The van der Waals surface area contributed by atoms with E-state index < -0.39 is 10.4 Å². The van der Waals surface area contributed by atoms with E-state index in [0.717, 1.165) is 34.2 Å². The Labute approximate surface area is 151 Å². The van der Waals surface area contributed by atoms with Crippen molar-refractivity contribution in [2.45, 2.75) is 23.7 Å². The molecule has 0 fully saturated rings. The van der Waals surface area contributed by atoms with Gasteiger partial charge in [-0.1, -0.05) is 42.5 Å². The van der Waals surface area contributed by atoms with Gasteiger partial charge in [0.05, 0.1) is 16.8 Å². The van der Waals surface area contributed by atoms with Gasteiger partial charge in [0, 0.05) is 29.1 Å². The number of benzene rings is 2. The highest BCUT2D eigenvalue weighted by molar-refractivity contribution is 6.45. The van der Waals surface area contributed by atoms with Crippen LogP contribution in [-0.2, 0) is 6.42 Å². The minimum atomic E-state index is -0.575. The first-order valence-electron chi connectivity index (χ1n) is 7.88. The van der Waals surface area contributed by atoms with Gasteiger partial charge in [-0.2, -0.15) is 0 Å². The lowest BCUT2D eigenvalue weighted by Crippen LogP contribution is -2.38. The van der Waals surface area contributed by atoms with Crippen LogP contribution < -0.4 is 0 Å². The second-order valence-corrected chi connectivity index (χ2v) is 7.47. The summed E-state index contributed by atoms with van der Waals surface area (Å²) in [7, 11) is 0. The van der Waals surface area contributed by atoms with Crippen LogP contribution in [-0.4, -0.2) is 21.1 Å². The summed E-state index contributed by atoms with van der Waals surface area (Å²) in [5, 5.41) is 1.09. The zero-order valence-electron chi connectivity index (χ0n) is 13.2. The molecule has 0 bridgehead atoms. The number of hydrogen-bond acceptors (Lipinski definition) is 2. The van der Waals surface area contributed by atoms with Crippen molar-refractivity contribution in [2.75, 3.05) is 0 Å². The number of aliphatic imine (C=N–C) groups is 1. The van der Waals surface area contributed by atoms with Gasteiger partial charge in [0.2, 0.25) is 0 Å². The summed E-state index contributed by atoms with van der Waals surface area (Å²) < 4.78 is 0. The standard InChI is InChI=1S/C20H16Cl2N2/c1-20(19(21)22)11-14-7-2-4-8-16(14)18(24-20)15-10-13-6-3-5-9-17(13)23-12-15/h2-10,12,19H,11H2,1H3. The lowest BCUT2D eigenvalue weighted by molar-refractivity contribution is 0.497. The molecule has 4 rings (SSSR count). The van der Waals surface area contributed by atoms with Gasteiger partial charge in [-0.3, -0.25) is 9.98 Å². The first kappa shape index (κ1) is 15.6. The van der Waals surface area contributed by atoms with Crippen molar-refractivity contribution in [1.82, 2.24) is 4.98 Å². The average Bonchev–Trinajstić information content (AvgIpc) is 2.60. The number of hydrogen-bond donors (Lipinski definition) is 0. The molecule has 1 aromatic heterocycles. The zero-order chi connectivity index (χ0) is 16.7. The van der Waals surface area contributed by atoms with Crippen LogP contribution in [0.5, 0.6) is 0 Å². The number of rotatable bonds is 2. The average molecular weight is 355 g/mol. The Hall–Kier alpha value is -1.90. The molecule has 0 amide bonds. The van der Waals surface area contributed by atoms with Gasteiger partial charge >= 0.3 is 0 Å². The van der Waals surface area contributed by atoms with Crippen LogP contribution in [0, 0.1) is 0 Å². The Kier molecular flexibility index (Phi) is 3.82. The number of alkyl halides is 2. The third kappa shape index (κ3) is 2.60. The predicted octanol–water partition coefficient (Wildman–Crippen LogP) is 5.19. The second-order valence-electron chi connectivity index (χ2n) is 6.37. The summed E-state index contributed by atoms with van der Waals surface area (Å²) in [6.07, 6.45) is 2.60. The van der Waals surface area contributed by atoms with E-state index in [1.165, 1.54) is 5.56 Å². The third-order valence-electron chi connectivity index (χ3n) is 4.52. The van der Waals surface area contributed by atoms with Gasteiger partial charge < -0.3 is 0 Å². The highest BCUT2D eigenvalue weighted by Crippen LogP contribution is 2.35. The van der Waals surface area contributed by atoms with Crippen LogP contribution in [0.1, 0.15) is 23.6 Å². The van der Waals surface area contributed by atoms with E-state index in [9.17, 15) is 0 Å². The maximum Gasteiger partial charge on any atom is 0.132 e. The zero-order valence-corrected chi connectivity index (χ0v) is 14.7. The molecular formula is C20H16Cl2N2. The molecule has 0 saturated heterocycles. The fourth-order valence-electron chi connectivity index (χ4n) is 3.19. The molecule has 24 heavy (non-hydrogen) atoms. The van der Waals surface area contributed by atoms with Crippen molar-refractivity contribution in [1.29, 1.82) is 0 Å². The number of nitrogens with zero attached hydrogens (tertiary/aromatic N) is 2. The molecule has 0 N–H and O–H groups in total. The Morgan fingerprint density at radius 3 is 2.62 bits per heavy atom. The number of pyridine rings is 1. The fraction of sp³-hybridized carbons (Fsp3) is 0.200. The SMILES string of the molecule is CC1(C(Cl)Cl)Cc2ccccc2C(c2cnc3ccccc3c2)=N1. The molecule has 1 aliphatic rings. The van der Waals surface area contributed by atoms with E-state index >= 15 is 0 Å². The van der Waals surface area contributed by atoms with Gasteiger partial charge in [-0.25, -0.2) is 0 Å². The summed E-state index contributed by atoms with van der Waals surface area (Å²) in [4.78, 5) is 8.94. The van der Waals surface area contributed by atoms with Gasteiger partial charge in [0.15, 0.2) is 0 Å². The Morgan fingerprint density at radius 1 is 1.04 bits per heavy atom. The van der Waals surface area contributed by atoms with E-state index in [1.54, 1.807) is 0 Å². The Morgan fingerprint density at radius 2 is 1.79 bits per heavy atom. The van der Waals surface area contributed by atoms with Gasteiger partial charge in [-0.15, -0.1) is 23.2 Å². The van der Waals surface area contributed by atoms with Gasteiger partial charge in [-0.05, 0) is 24.6 Å². The summed E-state index contributed by atoms with van der Waals surface area (Å²) in [5.41, 5.74) is 4.66. The van der Waals surface area contributed by atoms with Crippen LogP contribution in [0.4, 0.5) is 0 Å². The lowest BCUT2D eigenvalue weighted by atomic mass is 9.85. The van der Waals surface area contributed by atoms with Crippen molar-refractivity contribution >= 4 is 39.8 Å². The highest BCUT2D eigenvalue weighted by atomic mass is 35.5. The Bertz CT molecular complexity index is 949. The molecule has 1 atom stereocenters. The molecule has 1 aliphatic heterocycles. The normalized spacial score (nSPS) is 20.1. The second kappa shape index (κ2) is 5.87. The summed E-state index contributed by atoms with van der Waals surface area (Å²) in [5.74, 6) is 0. The van der Waals surface area contributed by atoms with Crippen molar-refractivity contribution in [3.63, 3.8) is 0 Å². The number of fused-ring (bicyclic) bond motifs is 2. The van der Waals surface area contributed by atoms with Gasteiger partial charge in [0.1, 0.15) is 4.84 Å². The molecule has 2 nitrogen and oxygen atoms in total. The summed E-state index contributed by atoms with van der Waals surface area (Å²) in [6, 6.07) is 18.5. The maximum atomic E-state index is 6.25. The van der Waals surface area contributed by atoms with Crippen LogP contribution in [0.15, 0.2) is 65.8 Å². The molecule has 0 saturated carbocycles. The smallest absolute Gasteiger partial charge is 0.132 e. The summed E-state index contributed by atoms with van der Waals surface area (Å²) in [6.45, 7) is 2.00. The molecule has 3 aromatic rings. The number of halogens is 2. The minimum Gasteiger partial charge on any atom is -0.275 e. The molecule has 4 heteroatoms. The van der Waals surface area contributed by atoms with E-state index in [4.69, 9.17) is 28.2 Å². The monoisotopic (exact) mass is 354 g/mol.